The predicted molar refractivity (Wildman–Crippen MR) is 142 cm³/mol. The highest BCUT2D eigenvalue weighted by Gasteiger charge is 2.21. The molecule has 0 saturated heterocycles. The molecule has 0 bridgehead atoms. The molecule has 1 aliphatic rings. The lowest BCUT2D eigenvalue weighted by Gasteiger charge is -2.26. The fourth-order valence-electron chi connectivity index (χ4n) is 3.13. The summed E-state index contributed by atoms with van der Waals surface area (Å²) in [4.78, 5) is 4.31. The molecule has 0 fully saturated rings. The van der Waals surface area contributed by atoms with Gasteiger partial charge in [0.2, 0.25) is 0 Å². The van der Waals surface area contributed by atoms with Crippen molar-refractivity contribution in [3.63, 3.8) is 0 Å². The van der Waals surface area contributed by atoms with Crippen molar-refractivity contribution in [2.75, 3.05) is 23.0 Å². The van der Waals surface area contributed by atoms with Crippen LogP contribution < -0.4 is 0 Å². The standard InChI is InChI=1S/C25H34S4/c1-6-26-22-18-21(19-23(27-7-2)24(22)28-8-3)13-11-10-12-20-14-16-25(5,17-15-20)29-9-4/h10-16,18-19H,6-9,17H2,1-5H3/b12-10+,13-11+. The molecule has 0 spiro atoms. The molecule has 0 N–H and O–H groups in total. The lowest BCUT2D eigenvalue weighted by atomic mass is 9.97. The van der Waals surface area contributed by atoms with Crippen LogP contribution in [0.1, 0.15) is 46.6 Å². The second-order valence-electron chi connectivity index (χ2n) is 6.85. The van der Waals surface area contributed by atoms with Crippen LogP contribution in [0.15, 0.2) is 68.8 Å². The van der Waals surface area contributed by atoms with Crippen molar-refractivity contribution in [3.05, 3.63) is 59.7 Å². The number of rotatable bonds is 11. The quantitative estimate of drug-likeness (QED) is 0.237. The molecule has 1 aromatic rings. The first kappa shape index (κ1) is 24.8. The Balaban J connectivity index is 2.12. The lowest BCUT2D eigenvalue weighted by Crippen LogP contribution is -2.18. The number of thioether (sulfide) groups is 4. The summed E-state index contributed by atoms with van der Waals surface area (Å²) in [6, 6.07) is 4.70. The summed E-state index contributed by atoms with van der Waals surface area (Å²) in [5, 5.41) is 0. The van der Waals surface area contributed by atoms with Gasteiger partial charge in [-0.15, -0.1) is 35.3 Å². The summed E-state index contributed by atoms with van der Waals surface area (Å²) >= 11 is 7.90. The molecule has 29 heavy (non-hydrogen) atoms. The van der Waals surface area contributed by atoms with Gasteiger partial charge in [-0.1, -0.05) is 70.2 Å². The van der Waals surface area contributed by atoms with E-state index in [9.17, 15) is 0 Å². The minimum atomic E-state index is 0.265. The molecule has 0 nitrogen and oxygen atoms in total. The molecule has 1 unspecified atom stereocenters. The highest BCUT2D eigenvalue weighted by atomic mass is 32.2. The molecular formula is C25H34S4. The highest BCUT2D eigenvalue weighted by molar-refractivity contribution is 8.03. The van der Waals surface area contributed by atoms with Crippen molar-refractivity contribution in [1.29, 1.82) is 0 Å². The highest BCUT2D eigenvalue weighted by Crippen LogP contribution is 2.40. The van der Waals surface area contributed by atoms with Gasteiger partial charge in [0.1, 0.15) is 0 Å². The maximum atomic E-state index is 2.36. The molecule has 4 heteroatoms. The van der Waals surface area contributed by atoms with E-state index in [1.165, 1.54) is 25.8 Å². The van der Waals surface area contributed by atoms with E-state index >= 15 is 0 Å². The second-order valence-corrected chi connectivity index (χ2v) is 12.5. The first-order chi connectivity index (χ1) is 14.0. The molecule has 0 heterocycles. The zero-order chi connectivity index (χ0) is 21.1. The summed E-state index contributed by atoms with van der Waals surface area (Å²) in [5.41, 5.74) is 2.60. The third kappa shape index (κ3) is 7.97. The largest absolute Gasteiger partial charge is 0.151 e. The van der Waals surface area contributed by atoms with Gasteiger partial charge in [-0.25, -0.2) is 0 Å². The Kier molecular flexibility index (Phi) is 11.2. The Morgan fingerprint density at radius 3 is 2.00 bits per heavy atom. The van der Waals surface area contributed by atoms with E-state index in [0.29, 0.717) is 0 Å². The van der Waals surface area contributed by atoms with Crippen LogP contribution in [0.4, 0.5) is 0 Å². The summed E-state index contributed by atoms with van der Waals surface area (Å²) in [7, 11) is 0. The third-order valence-electron chi connectivity index (χ3n) is 4.47. The molecule has 0 aliphatic heterocycles. The normalized spacial score (nSPS) is 19.4. The summed E-state index contributed by atoms with van der Waals surface area (Å²) in [6.45, 7) is 11.3. The van der Waals surface area contributed by atoms with E-state index in [-0.39, 0.29) is 4.75 Å². The molecule has 0 radical (unpaired) electrons. The van der Waals surface area contributed by atoms with Gasteiger partial charge in [0.15, 0.2) is 0 Å². The Labute approximate surface area is 195 Å². The number of benzene rings is 1. The molecule has 0 saturated carbocycles. The van der Waals surface area contributed by atoms with Crippen molar-refractivity contribution >= 4 is 53.1 Å². The van der Waals surface area contributed by atoms with E-state index in [4.69, 9.17) is 0 Å². The van der Waals surface area contributed by atoms with Crippen LogP contribution in [0, 0.1) is 0 Å². The van der Waals surface area contributed by atoms with E-state index in [1.807, 2.05) is 47.0 Å². The second kappa shape index (κ2) is 13.1. The van der Waals surface area contributed by atoms with Crippen LogP contribution >= 0.6 is 47.0 Å². The molecule has 158 valence electrons. The number of hydrogen-bond donors (Lipinski definition) is 0. The first-order valence-electron chi connectivity index (χ1n) is 10.5. The molecule has 0 aromatic heterocycles. The van der Waals surface area contributed by atoms with Crippen LogP contribution in [0.5, 0.6) is 0 Å². The Morgan fingerprint density at radius 2 is 1.48 bits per heavy atom. The van der Waals surface area contributed by atoms with Crippen LogP contribution in [0.3, 0.4) is 0 Å². The number of hydrogen-bond acceptors (Lipinski definition) is 4. The zero-order valence-electron chi connectivity index (χ0n) is 18.4. The average Bonchev–Trinajstić information content (AvgIpc) is 2.70. The van der Waals surface area contributed by atoms with Gasteiger partial charge < -0.3 is 0 Å². The third-order valence-corrected chi connectivity index (χ3v) is 8.84. The smallest absolute Gasteiger partial charge is 0.0348 e. The SMILES string of the molecule is CCSc1cc(/C=C/C=C/C2=CCC(C)(SCC)C=C2)cc(SCC)c1SCC. The van der Waals surface area contributed by atoms with Crippen molar-refractivity contribution in [1.82, 2.24) is 0 Å². The molecule has 1 aliphatic carbocycles. The van der Waals surface area contributed by atoms with Gasteiger partial charge in [0.05, 0.1) is 0 Å². The Bertz CT molecular complexity index is 746. The Hall–Kier alpha value is -0.420. The minimum absolute atomic E-state index is 0.265. The van der Waals surface area contributed by atoms with Crippen molar-refractivity contribution in [2.24, 2.45) is 0 Å². The minimum Gasteiger partial charge on any atom is -0.151 e. The van der Waals surface area contributed by atoms with Crippen LogP contribution in [0.25, 0.3) is 6.08 Å². The summed E-state index contributed by atoms with van der Waals surface area (Å²) < 4.78 is 0.265. The maximum absolute atomic E-state index is 2.36. The van der Waals surface area contributed by atoms with E-state index in [0.717, 1.165) is 29.4 Å². The molecule has 0 amide bonds. The van der Waals surface area contributed by atoms with Crippen molar-refractivity contribution in [3.8, 4) is 0 Å². The molecule has 1 aromatic carbocycles. The molecular weight excluding hydrogens is 429 g/mol. The zero-order valence-corrected chi connectivity index (χ0v) is 21.6. The number of allylic oxidation sites excluding steroid dienone is 6. The summed E-state index contributed by atoms with van der Waals surface area (Å²) in [5.74, 6) is 4.49. The van der Waals surface area contributed by atoms with E-state index in [2.05, 4.69) is 89.3 Å². The summed E-state index contributed by atoms with van der Waals surface area (Å²) in [6.07, 6.45) is 16.9. The maximum Gasteiger partial charge on any atom is 0.0348 e. The monoisotopic (exact) mass is 462 g/mol. The fourth-order valence-corrected chi connectivity index (χ4v) is 7.16. The van der Waals surface area contributed by atoms with Gasteiger partial charge in [-0.2, -0.15) is 11.8 Å². The molecule has 2 rings (SSSR count). The van der Waals surface area contributed by atoms with E-state index in [1.54, 1.807) is 0 Å². The molecule has 1 atom stereocenters. The van der Waals surface area contributed by atoms with E-state index < -0.39 is 0 Å². The van der Waals surface area contributed by atoms with Gasteiger partial charge in [0.25, 0.3) is 0 Å². The topological polar surface area (TPSA) is 0 Å². The van der Waals surface area contributed by atoms with Gasteiger partial charge in [-0.05, 0) is 59.6 Å². The lowest BCUT2D eigenvalue weighted by molar-refractivity contribution is 0.793. The van der Waals surface area contributed by atoms with Crippen molar-refractivity contribution in [2.45, 2.75) is 60.5 Å². The van der Waals surface area contributed by atoms with Crippen LogP contribution in [-0.4, -0.2) is 27.8 Å². The van der Waals surface area contributed by atoms with Crippen LogP contribution in [0.2, 0.25) is 0 Å². The average molecular weight is 463 g/mol. The predicted octanol–water partition coefficient (Wildman–Crippen LogP) is 8.99. The Morgan fingerprint density at radius 1 is 0.862 bits per heavy atom. The van der Waals surface area contributed by atoms with Crippen LogP contribution in [-0.2, 0) is 0 Å². The van der Waals surface area contributed by atoms with Crippen molar-refractivity contribution < 1.29 is 0 Å². The fraction of sp³-hybridized carbons (Fsp3) is 0.440. The van der Waals surface area contributed by atoms with Gasteiger partial charge in [0, 0.05) is 19.4 Å². The van der Waals surface area contributed by atoms with Gasteiger partial charge in [-0.3, -0.25) is 0 Å². The first-order valence-corrected chi connectivity index (χ1v) is 14.4. The van der Waals surface area contributed by atoms with Gasteiger partial charge >= 0.3 is 0 Å².